The molecule has 4 aliphatic heterocycles. The number of allylic oxidation sites excluding steroid dienone is 4. The van der Waals surface area contributed by atoms with Crippen LogP contribution < -0.4 is 12.4 Å². The topological polar surface area (TPSA) is 23.5 Å². The number of hydrogen-bond donors (Lipinski definition) is 1. The molecule has 0 saturated carbocycles. The van der Waals surface area contributed by atoms with Crippen LogP contribution in [0.4, 0.5) is 0 Å². The van der Waals surface area contributed by atoms with Crippen LogP contribution in [-0.4, -0.2) is 20.2 Å². The molecule has 4 aliphatic rings. The first-order valence-electron chi connectivity index (χ1n) is 12.0. The third kappa shape index (κ3) is 2.78. The van der Waals surface area contributed by atoms with Crippen LogP contribution in [0.15, 0.2) is 151 Å². The minimum Gasteiger partial charge on any atom is -1.00 e. The summed E-state index contributed by atoms with van der Waals surface area (Å²) in [5.74, 6) is 0.358. The second-order valence-electron chi connectivity index (χ2n) is 9.37. The molecule has 7 rings (SSSR count). The summed E-state index contributed by atoms with van der Waals surface area (Å²) in [5, 5.41) is 11.8. The molecule has 2 atom stereocenters. The van der Waals surface area contributed by atoms with Gasteiger partial charge >= 0.3 is 0 Å². The molecule has 3 nitrogen and oxygen atoms in total. The quantitative estimate of drug-likeness (QED) is 0.563. The molecule has 4 heteroatoms. The number of hydrogen-bond acceptors (Lipinski definition) is 2. The van der Waals surface area contributed by atoms with E-state index in [1.165, 1.54) is 11.1 Å². The fourth-order valence-electron chi connectivity index (χ4n) is 6.23. The molecule has 2 spiro atoms. The van der Waals surface area contributed by atoms with Gasteiger partial charge in [0.25, 0.3) is 0 Å². The molecule has 2 unspecified atom stereocenters. The number of halogens is 1. The van der Waals surface area contributed by atoms with Gasteiger partial charge in [0.05, 0.1) is 11.1 Å². The number of benzene rings is 3. The van der Waals surface area contributed by atoms with Crippen molar-refractivity contribution in [3.8, 4) is 0 Å². The Morgan fingerprint density at radius 3 is 2.11 bits per heavy atom. The summed E-state index contributed by atoms with van der Waals surface area (Å²) in [4.78, 5) is 2.42. The lowest BCUT2D eigenvalue weighted by Gasteiger charge is -2.48. The van der Waals surface area contributed by atoms with Gasteiger partial charge in [-0.3, -0.25) is 0 Å². The standard InChI is InChI=1S/C32H24N2O.ClH/c35-31-28-22-27-18-21-34(28,32(27)19-10-11-20-33(32)23-24-12-4-1-5-13-24)30(26-16-8-3-9-17-26)29(31)25-14-6-2-7-15-25;/h1-22H,23H2;1H. The average molecular weight is 489 g/mol. The van der Waals surface area contributed by atoms with Crippen molar-refractivity contribution in [2.24, 2.45) is 0 Å². The Labute approximate surface area is 217 Å². The van der Waals surface area contributed by atoms with E-state index in [1.54, 1.807) is 0 Å². The molecule has 0 aromatic heterocycles. The van der Waals surface area contributed by atoms with E-state index in [-0.39, 0.29) is 12.4 Å². The number of nitrogens with zero attached hydrogens (tertiary/aromatic N) is 2. The SMILES string of the molecule is OC1=C2C=C3C=C[N+]2(C(c2ccccc2)=C1c1ccccc1)C31C=CC=CN1Cc1ccccc1.[Cl-]. The van der Waals surface area contributed by atoms with Crippen molar-refractivity contribution in [2.45, 2.75) is 12.2 Å². The van der Waals surface area contributed by atoms with Gasteiger partial charge in [0.2, 0.25) is 5.66 Å². The van der Waals surface area contributed by atoms with E-state index < -0.39 is 5.66 Å². The average Bonchev–Trinajstić information content (AvgIpc) is 3.47. The van der Waals surface area contributed by atoms with E-state index in [2.05, 4.69) is 114 Å². The summed E-state index contributed by atoms with van der Waals surface area (Å²) in [6, 6.07) is 31.4. The van der Waals surface area contributed by atoms with E-state index in [0.29, 0.717) is 10.2 Å². The fourth-order valence-corrected chi connectivity index (χ4v) is 6.23. The smallest absolute Gasteiger partial charge is 0.235 e. The van der Waals surface area contributed by atoms with Gasteiger partial charge in [-0.25, -0.2) is 0 Å². The molecule has 36 heavy (non-hydrogen) atoms. The van der Waals surface area contributed by atoms with E-state index in [0.717, 1.165) is 34.6 Å². The number of aliphatic hydroxyl groups excluding tert-OH is 1. The van der Waals surface area contributed by atoms with Gasteiger partial charge in [0.15, 0.2) is 17.2 Å². The second-order valence-corrected chi connectivity index (χ2v) is 9.37. The van der Waals surface area contributed by atoms with Crippen molar-refractivity contribution in [1.29, 1.82) is 0 Å². The van der Waals surface area contributed by atoms with Crippen molar-refractivity contribution >= 4 is 11.3 Å². The Hall–Kier alpha value is -4.05. The number of rotatable bonds is 4. The molecular formula is C32H25ClN2O. The molecule has 0 saturated heterocycles. The molecule has 0 fully saturated rings. The summed E-state index contributed by atoms with van der Waals surface area (Å²) in [6.45, 7) is 0.761. The molecule has 4 heterocycles. The third-order valence-corrected chi connectivity index (χ3v) is 7.63. The van der Waals surface area contributed by atoms with Gasteiger partial charge in [0.1, 0.15) is 6.20 Å². The fraction of sp³-hybridized carbons (Fsp3) is 0.0625. The van der Waals surface area contributed by atoms with Crippen molar-refractivity contribution in [3.05, 3.63) is 167 Å². The minimum atomic E-state index is -0.504. The lowest BCUT2D eigenvalue weighted by Crippen LogP contribution is -3.00. The highest BCUT2D eigenvalue weighted by molar-refractivity contribution is 5.99. The van der Waals surface area contributed by atoms with Gasteiger partial charge in [-0.15, -0.1) is 0 Å². The highest BCUT2D eigenvalue weighted by Crippen LogP contribution is 2.64. The van der Waals surface area contributed by atoms with Crippen molar-refractivity contribution < 1.29 is 22.0 Å². The van der Waals surface area contributed by atoms with Gasteiger partial charge in [-0.2, -0.15) is 4.48 Å². The summed E-state index contributed by atoms with van der Waals surface area (Å²) >= 11 is 0. The van der Waals surface area contributed by atoms with E-state index in [1.807, 2.05) is 24.3 Å². The normalized spacial score (nSPS) is 25.0. The van der Waals surface area contributed by atoms with Crippen molar-refractivity contribution in [3.63, 3.8) is 0 Å². The first-order valence-corrected chi connectivity index (χ1v) is 12.0. The van der Waals surface area contributed by atoms with Gasteiger partial charge < -0.3 is 22.4 Å². The summed E-state index contributed by atoms with van der Waals surface area (Å²) in [5.41, 5.74) is 6.99. The third-order valence-electron chi connectivity index (χ3n) is 7.63. The van der Waals surface area contributed by atoms with Gasteiger partial charge in [-0.1, -0.05) is 84.9 Å². The van der Waals surface area contributed by atoms with Gasteiger partial charge in [0, 0.05) is 36.5 Å². The molecule has 2 bridgehead atoms. The monoisotopic (exact) mass is 488 g/mol. The van der Waals surface area contributed by atoms with E-state index in [4.69, 9.17) is 0 Å². The van der Waals surface area contributed by atoms with Crippen LogP contribution in [0.3, 0.4) is 0 Å². The van der Waals surface area contributed by atoms with E-state index >= 15 is 0 Å². The second kappa shape index (κ2) is 8.27. The Morgan fingerprint density at radius 2 is 1.42 bits per heavy atom. The molecule has 0 aliphatic carbocycles. The number of quaternary nitrogens is 1. The first-order chi connectivity index (χ1) is 17.3. The van der Waals surface area contributed by atoms with Crippen LogP contribution in [0, 0.1) is 0 Å². The van der Waals surface area contributed by atoms with Crippen LogP contribution in [0.25, 0.3) is 11.3 Å². The van der Waals surface area contributed by atoms with Crippen LogP contribution in [0.5, 0.6) is 0 Å². The summed E-state index contributed by atoms with van der Waals surface area (Å²) < 4.78 is 0.427. The zero-order valence-electron chi connectivity index (χ0n) is 19.6. The maximum atomic E-state index is 11.8. The van der Waals surface area contributed by atoms with Crippen molar-refractivity contribution in [1.82, 2.24) is 4.90 Å². The summed E-state index contributed by atoms with van der Waals surface area (Å²) in [6.07, 6.45) is 15.4. The predicted molar refractivity (Wildman–Crippen MR) is 140 cm³/mol. The molecular weight excluding hydrogens is 464 g/mol. The Bertz CT molecular complexity index is 1520. The minimum absolute atomic E-state index is 0. The summed E-state index contributed by atoms with van der Waals surface area (Å²) in [7, 11) is 0. The molecule has 3 aromatic carbocycles. The van der Waals surface area contributed by atoms with Crippen molar-refractivity contribution in [2.75, 3.05) is 0 Å². The largest absolute Gasteiger partial charge is 1.00 e. The van der Waals surface area contributed by atoms with Crippen LogP contribution >= 0.6 is 0 Å². The lowest BCUT2D eigenvalue weighted by atomic mass is 9.92. The molecule has 0 radical (unpaired) electrons. The number of aliphatic hydroxyl groups is 1. The van der Waals surface area contributed by atoms with Crippen LogP contribution in [-0.2, 0) is 6.54 Å². The zero-order chi connectivity index (χ0) is 23.5. The van der Waals surface area contributed by atoms with Crippen LogP contribution in [0.2, 0.25) is 0 Å². The van der Waals surface area contributed by atoms with E-state index in [9.17, 15) is 5.11 Å². The molecule has 0 amide bonds. The molecule has 176 valence electrons. The van der Waals surface area contributed by atoms with Gasteiger partial charge in [-0.05, 0) is 29.3 Å². The maximum Gasteiger partial charge on any atom is 0.235 e. The Balaban J connectivity index is 0.00000240. The van der Waals surface area contributed by atoms with Crippen LogP contribution in [0.1, 0.15) is 16.7 Å². The Morgan fingerprint density at radius 1 is 0.778 bits per heavy atom. The predicted octanol–water partition coefficient (Wildman–Crippen LogP) is 3.91. The Kier molecular flexibility index (Phi) is 5.15. The molecule has 3 aromatic rings. The highest BCUT2D eigenvalue weighted by atomic mass is 35.5. The zero-order valence-corrected chi connectivity index (χ0v) is 20.4. The molecule has 1 N–H and O–H groups in total. The highest BCUT2D eigenvalue weighted by Gasteiger charge is 2.70. The lowest BCUT2D eigenvalue weighted by molar-refractivity contribution is -0.811. The maximum absolute atomic E-state index is 11.8. The first kappa shape index (κ1) is 22.4.